The van der Waals surface area contributed by atoms with Gasteiger partial charge < -0.3 is 4.74 Å². The first-order valence-corrected chi connectivity index (χ1v) is 7.04. The Morgan fingerprint density at radius 1 is 1.33 bits per heavy atom. The molecular weight excluding hydrogens is 268 g/mol. The van der Waals surface area contributed by atoms with Crippen LogP contribution < -0.4 is 16.0 Å². The maximum atomic E-state index is 11.4. The number of rotatable bonds is 7. The van der Waals surface area contributed by atoms with E-state index >= 15 is 0 Å². The van der Waals surface area contributed by atoms with Crippen molar-refractivity contribution in [2.75, 3.05) is 6.61 Å². The molecule has 0 unspecified atom stereocenters. The van der Waals surface area contributed by atoms with Gasteiger partial charge in [-0.1, -0.05) is 19.8 Å². The molecule has 112 valence electrons. The van der Waals surface area contributed by atoms with Crippen molar-refractivity contribution in [1.82, 2.24) is 15.6 Å². The van der Waals surface area contributed by atoms with Crippen LogP contribution in [0.4, 0.5) is 0 Å². The fraction of sp³-hybridized carbons (Fsp3) is 0.333. The first-order chi connectivity index (χ1) is 10.2. The van der Waals surface area contributed by atoms with Crippen LogP contribution in [0.1, 0.15) is 36.7 Å². The summed E-state index contributed by atoms with van der Waals surface area (Å²) in [6, 6.07) is 9.28. The summed E-state index contributed by atoms with van der Waals surface area (Å²) in [5, 5.41) is 6.73. The Balaban J connectivity index is 1.98. The molecular formula is C15H20N4O2. The summed E-state index contributed by atoms with van der Waals surface area (Å²) in [5.41, 5.74) is 3.98. The molecule has 2 rings (SSSR count). The summed E-state index contributed by atoms with van der Waals surface area (Å²) in [4.78, 5) is 11.4. The normalized spacial score (nSPS) is 10.4. The molecule has 1 amide bonds. The smallest absolute Gasteiger partial charge is 0.283 e. The van der Waals surface area contributed by atoms with Gasteiger partial charge in [-0.3, -0.25) is 15.3 Å². The third kappa shape index (κ3) is 4.06. The van der Waals surface area contributed by atoms with E-state index in [-0.39, 0.29) is 0 Å². The van der Waals surface area contributed by atoms with Crippen molar-refractivity contribution < 1.29 is 9.53 Å². The number of hydrogen-bond acceptors (Lipinski definition) is 4. The third-order valence-electron chi connectivity index (χ3n) is 3.12. The highest BCUT2D eigenvalue weighted by Gasteiger charge is 2.09. The highest BCUT2D eigenvalue weighted by Crippen LogP contribution is 2.21. The van der Waals surface area contributed by atoms with E-state index in [1.165, 1.54) is 12.8 Å². The number of nitrogens with one attached hydrogen (secondary N) is 2. The number of nitrogen functional groups attached to an aromatic ring is 1. The lowest BCUT2D eigenvalue weighted by Gasteiger charge is -2.06. The van der Waals surface area contributed by atoms with Gasteiger partial charge in [0.2, 0.25) is 0 Å². The number of unbranched alkanes of at least 4 members (excludes halogenated alkanes) is 2. The number of benzene rings is 1. The van der Waals surface area contributed by atoms with E-state index in [0.717, 1.165) is 24.3 Å². The van der Waals surface area contributed by atoms with Crippen molar-refractivity contribution in [2.24, 2.45) is 5.84 Å². The van der Waals surface area contributed by atoms with Gasteiger partial charge in [0.1, 0.15) is 11.4 Å². The number of nitrogens with zero attached hydrogens (tertiary/aromatic N) is 1. The quantitative estimate of drug-likeness (QED) is 0.315. The fourth-order valence-electron chi connectivity index (χ4n) is 1.93. The van der Waals surface area contributed by atoms with Gasteiger partial charge in [-0.05, 0) is 36.8 Å². The van der Waals surface area contributed by atoms with Crippen molar-refractivity contribution in [1.29, 1.82) is 0 Å². The number of hydrazine groups is 1. The molecule has 1 aromatic heterocycles. The molecule has 0 saturated carbocycles. The maximum Gasteiger partial charge on any atom is 0.283 e. The Bertz CT molecular complexity index is 578. The molecule has 0 saturated heterocycles. The van der Waals surface area contributed by atoms with Crippen molar-refractivity contribution in [3.8, 4) is 17.0 Å². The lowest BCUT2D eigenvalue weighted by Crippen LogP contribution is -2.30. The topological polar surface area (TPSA) is 93.0 Å². The zero-order valence-electron chi connectivity index (χ0n) is 12.1. The highest BCUT2D eigenvalue weighted by molar-refractivity contribution is 5.92. The van der Waals surface area contributed by atoms with E-state index in [1.54, 1.807) is 6.07 Å². The molecule has 0 bridgehead atoms. The van der Waals surface area contributed by atoms with Crippen molar-refractivity contribution in [3.63, 3.8) is 0 Å². The van der Waals surface area contributed by atoms with Crippen LogP contribution in [0, 0.1) is 0 Å². The second-order valence-electron chi connectivity index (χ2n) is 4.72. The SMILES string of the molecule is CCCCCOc1ccc(-c2cc(C(=O)NN)[nH]n2)cc1. The third-order valence-corrected chi connectivity index (χ3v) is 3.12. The summed E-state index contributed by atoms with van der Waals surface area (Å²) in [6.45, 7) is 2.90. The van der Waals surface area contributed by atoms with Crippen LogP contribution in [0.3, 0.4) is 0 Å². The van der Waals surface area contributed by atoms with Crippen LogP contribution in [0.5, 0.6) is 5.75 Å². The van der Waals surface area contributed by atoms with Crippen LogP contribution in [-0.2, 0) is 0 Å². The molecule has 2 aromatic rings. The van der Waals surface area contributed by atoms with Crippen LogP contribution in [-0.4, -0.2) is 22.7 Å². The monoisotopic (exact) mass is 288 g/mol. The van der Waals surface area contributed by atoms with E-state index in [0.29, 0.717) is 11.4 Å². The molecule has 6 heteroatoms. The first-order valence-electron chi connectivity index (χ1n) is 7.04. The number of H-pyrrole nitrogens is 1. The fourth-order valence-corrected chi connectivity index (χ4v) is 1.93. The molecule has 21 heavy (non-hydrogen) atoms. The number of hydrogen-bond donors (Lipinski definition) is 3. The predicted molar refractivity (Wildman–Crippen MR) is 80.7 cm³/mol. The summed E-state index contributed by atoms with van der Waals surface area (Å²) in [6.07, 6.45) is 3.42. The Hall–Kier alpha value is -2.34. The Morgan fingerprint density at radius 3 is 2.76 bits per heavy atom. The Morgan fingerprint density at radius 2 is 2.10 bits per heavy atom. The van der Waals surface area contributed by atoms with E-state index < -0.39 is 5.91 Å². The minimum atomic E-state index is -0.398. The first kappa shape index (κ1) is 15.1. The van der Waals surface area contributed by atoms with Crippen LogP contribution in [0.2, 0.25) is 0 Å². The molecule has 0 atom stereocenters. The number of amides is 1. The molecule has 1 aromatic carbocycles. The molecule has 0 aliphatic carbocycles. The van der Waals surface area contributed by atoms with Gasteiger partial charge in [0.15, 0.2) is 0 Å². The summed E-state index contributed by atoms with van der Waals surface area (Å²) < 4.78 is 5.65. The summed E-state index contributed by atoms with van der Waals surface area (Å²) in [7, 11) is 0. The number of carbonyl (C=O) groups is 1. The maximum absolute atomic E-state index is 11.4. The number of carbonyl (C=O) groups excluding carboxylic acids is 1. The number of nitrogens with two attached hydrogens (primary N) is 1. The van der Waals surface area contributed by atoms with Gasteiger partial charge in [0.05, 0.1) is 12.3 Å². The van der Waals surface area contributed by atoms with Crippen LogP contribution in [0.15, 0.2) is 30.3 Å². The van der Waals surface area contributed by atoms with Gasteiger partial charge >= 0.3 is 0 Å². The second-order valence-corrected chi connectivity index (χ2v) is 4.72. The minimum absolute atomic E-state index is 0.326. The van der Waals surface area contributed by atoms with Crippen molar-refractivity contribution in [2.45, 2.75) is 26.2 Å². The van der Waals surface area contributed by atoms with E-state index in [9.17, 15) is 4.79 Å². The predicted octanol–water partition coefficient (Wildman–Crippen LogP) is 2.25. The number of aromatic nitrogens is 2. The van der Waals surface area contributed by atoms with Crippen molar-refractivity contribution >= 4 is 5.91 Å². The summed E-state index contributed by atoms with van der Waals surface area (Å²) >= 11 is 0. The van der Waals surface area contributed by atoms with Crippen LogP contribution >= 0.6 is 0 Å². The summed E-state index contributed by atoms with van der Waals surface area (Å²) in [5.74, 6) is 5.52. The molecule has 0 aliphatic rings. The molecule has 6 nitrogen and oxygen atoms in total. The van der Waals surface area contributed by atoms with Crippen molar-refractivity contribution in [3.05, 3.63) is 36.0 Å². The number of ether oxygens (including phenoxy) is 1. The second kappa shape index (κ2) is 7.44. The lowest BCUT2D eigenvalue weighted by molar-refractivity contribution is 0.0948. The molecule has 4 N–H and O–H groups in total. The van der Waals surface area contributed by atoms with Gasteiger partial charge in [0, 0.05) is 5.56 Å². The van der Waals surface area contributed by atoms with E-state index in [2.05, 4.69) is 22.5 Å². The van der Waals surface area contributed by atoms with Crippen LogP contribution in [0.25, 0.3) is 11.3 Å². The highest BCUT2D eigenvalue weighted by atomic mass is 16.5. The van der Waals surface area contributed by atoms with Gasteiger partial charge in [-0.2, -0.15) is 5.10 Å². The number of aromatic amines is 1. The van der Waals surface area contributed by atoms with E-state index in [1.807, 2.05) is 24.3 Å². The molecule has 0 fully saturated rings. The molecule has 0 spiro atoms. The molecule has 0 radical (unpaired) electrons. The molecule has 0 aliphatic heterocycles. The average Bonchev–Trinajstić information content (AvgIpc) is 3.01. The van der Waals surface area contributed by atoms with Gasteiger partial charge in [-0.25, -0.2) is 5.84 Å². The minimum Gasteiger partial charge on any atom is -0.494 e. The van der Waals surface area contributed by atoms with Gasteiger partial charge in [0.25, 0.3) is 5.91 Å². The molecule has 1 heterocycles. The zero-order valence-corrected chi connectivity index (χ0v) is 12.1. The Kier molecular flexibility index (Phi) is 5.34. The standard InChI is InChI=1S/C15H20N4O2/c1-2-3-4-9-21-12-7-5-11(6-8-12)13-10-14(19-18-13)15(20)17-16/h5-8,10H,2-4,9,16H2,1H3,(H,17,20)(H,18,19). The largest absolute Gasteiger partial charge is 0.494 e. The zero-order chi connectivity index (χ0) is 15.1. The van der Waals surface area contributed by atoms with E-state index in [4.69, 9.17) is 10.6 Å². The lowest BCUT2D eigenvalue weighted by atomic mass is 10.1. The Labute approximate surface area is 123 Å². The van der Waals surface area contributed by atoms with Gasteiger partial charge in [-0.15, -0.1) is 0 Å². The average molecular weight is 288 g/mol.